The van der Waals surface area contributed by atoms with Crippen molar-refractivity contribution in [2.45, 2.75) is 38.6 Å². The standard InChI is InChI=1S/C14H20ClNO/c1-11-10-12(15)5-6-14(11)17-9-7-13-4-2-3-8-16-13/h5-6,10,13,16H,2-4,7-9H2,1H3. The molecule has 1 aromatic carbocycles. The molecule has 2 rings (SSSR count). The molecule has 2 nitrogen and oxygen atoms in total. The van der Waals surface area contributed by atoms with Crippen LogP contribution in [0.1, 0.15) is 31.2 Å². The van der Waals surface area contributed by atoms with Crippen molar-refractivity contribution in [3.8, 4) is 5.75 Å². The molecule has 1 aromatic rings. The van der Waals surface area contributed by atoms with E-state index in [0.29, 0.717) is 6.04 Å². The fraction of sp³-hybridized carbons (Fsp3) is 0.571. The predicted molar refractivity (Wildman–Crippen MR) is 71.9 cm³/mol. The zero-order chi connectivity index (χ0) is 12.1. The molecule has 0 radical (unpaired) electrons. The number of rotatable bonds is 4. The Hall–Kier alpha value is -0.730. The first kappa shape index (κ1) is 12.7. The highest BCUT2D eigenvalue weighted by Gasteiger charge is 2.12. The first-order valence-corrected chi connectivity index (χ1v) is 6.76. The number of benzene rings is 1. The molecule has 0 aromatic heterocycles. The zero-order valence-corrected chi connectivity index (χ0v) is 11.1. The maximum Gasteiger partial charge on any atom is 0.122 e. The molecule has 1 aliphatic heterocycles. The van der Waals surface area contributed by atoms with E-state index in [0.717, 1.165) is 35.9 Å². The van der Waals surface area contributed by atoms with Crippen molar-refractivity contribution in [3.05, 3.63) is 28.8 Å². The Balaban J connectivity index is 1.77. The molecule has 0 amide bonds. The first-order chi connectivity index (χ1) is 8.25. The van der Waals surface area contributed by atoms with Crippen LogP contribution in [0.25, 0.3) is 0 Å². The van der Waals surface area contributed by atoms with Crippen molar-refractivity contribution in [2.24, 2.45) is 0 Å². The summed E-state index contributed by atoms with van der Waals surface area (Å²) in [7, 11) is 0. The SMILES string of the molecule is Cc1cc(Cl)ccc1OCCC1CCCCN1. The monoisotopic (exact) mass is 253 g/mol. The quantitative estimate of drug-likeness (QED) is 0.886. The number of halogens is 1. The molecule has 3 heteroatoms. The second-order valence-corrected chi connectivity index (χ2v) is 5.13. The molecular weight excluding hydrogens is 234 g/mol. The number of piperidine rings is 1. The Morgan fingerprint density at radius 2 is 2.29 bits per heavy atom. The van der Waals surface area contributed by atoms with Gasteiger partial charge in [0.05, 0.1) is 6.61 Å². The molecule has 0 saturated carbocycles. The van der Waals surface area contributed by atoms with Crippen LogP contribution in [0.15, 0.2) is 18.2 Å². The van der Waals surface area contributed by atoms with E-state index >= 15 is 0 Å². The maximum absolute atomic E-state index is 5.91. The van der Waals surface area contributed by atoms with E-state index in [1.165, 1.54) is 19.3 Å². The van der Waals surface area contributed by atoms with Crippen LogP contribution in [0.2, 0.25) is 5.02 Å². The number of aryl methyl sites for hydroxylation is 1. The summed E-state index contributed by atoms with van der Waals surface area (Å²) in [4.78, 5) is 0. The summed E-state index contributed by atoms with van der Waals surface area (Å²) in [6.07, 6.45) is 5.02. The summed E-state index contributed by atoms with van der Waals surface area (Å²) >= 11 is 5.91. The maximum atomic E-state index is 5.91. The molecule has 94 valence electrons. The van der Waals surface area contributed by atoms with Gasteiger partial charge in [0.25, 0.3) is 0 Å². The molecule has 1 aliphatic rings. The minimum atomic E-state index is 0.636. The minimum absolute atomic E-state index is 0.636. The van der Waals surface area contributed by atoms with Gasteiger partial charge in [-0.25, -0.2) is 0 Å². The Bertz CT molecular complexity index is 361. The number of hydrogen-bond donors (Lipinski definition) is 1. The Morgan fingerprint density at radius 3 is 3.00 bits per heavy atom. The van der Waals surface area contributed by atoms with Crippen molar-refractivity contribution in [3.63, 3.8) is 0 Å². The van der Waals surface area contributed by atoms with Crippen LogP contribution in [0.4, 0.5) is 0 Å². The number of nitrogens with one attached hydrogen (secondary N) is 1. The van der Waals surface area contributed by atoms with Crippen molar-refractivity contribution in [1.29, 1.82) is 0 Å². The van der Waals surface area contributed by atoms with E-state index in [4.69, 9.17) is 16.3 Å². The van der Waals surface area contributed by atoms with Crippen molar-refractivity contribution in [1.82, 2.24) is 5.32 Å². The fourth-order valence-corrected chi connectivity index (χ4v) is 2.48. The van der Waals surface area contributed by atoms with E-state index in [1.54, 1.807) is 0 Å². The zero-order valence-electron chi connectivity index (χ0n) is 10.3. The van der Waals surface area contributed by atoms with Crippen LogP contribution in [0.3, 0.4) is 0 Å². The van der Waals surface area contributed by atoms with Gasteiger partial charge < -0.3 is 10.1 Å². The van der Waals surface area contributed by atoms with Gasteiger partial charge in [0.15, 0.2) is 0 Å². The van der Waals surface area contributed by atoms with Gasteiger partial charge in [-0.15, -0.1) is 0 Å². The van der Waals surface area contributed by atoms with Crippen LogP contribution in [0.5, 0.6) is 5.75 Å². The molecule has 1 N–H and O–H groups in total. The Labute approximate surface area is 108 Å². The second-order valence-electron chi connectivity index (χ2n) is 4.69. The lowest BCUT2D eigenvalue weighted by atomic mass is 10.0. The molecule has 1 fully saturated rings. The summed E-state index contributed by atoms with van der Waals surface area (Å²) < 4.78 is 5.80. The molecule has 0 aliphatic carbocycles. The predicted octanol–water partition coefficient (Wildman–Crippen LogP) is 3.56. The lowest BCUT2D eigenvalue weighted by molar-refractivity contribution is 0.267. The topological polar surface area (TPSA) is 21.3 Å². The van der Waals surface area contributed by atoms with Gasteiger partial charge in [0.2, 0.25) is 0 Å². The molecule has 1 unspecified atom stereocenters. The third-order valence-electron chi connectivity index (χ3n) is 3.27. The summed E-state index contributed by atoms with van der Waals surface area (Å²) in [5.74, 6) is 0.949. The van der Waals surface area contributed by atoms with E-state index < -0.39 is 0 Å². The summed E-state index contributed by atoms with van der Waals surface area (Å²) in [6.45, 7) is 3.96. The Kier molecular flexibility index (Phi) is 4.69. The smallest absolute Gasteiger partial charge is 0.122 e. The van der Waals surface area contributed by atoms with E-state index in [9.17, 15) is 0 Å². The molecular formula is C14H20ClNO. The lowest BCUT2D eigenvalue weighted by Crippen LogP contribution is -2.35. The normalized spacial score (nSPS) is 20.2. The molecule has 1 atom stereocenters. The highest BCUT2D eigenvalue weighted by molar-refractivity contribution is 6.30. The first-order valence-electron chi connectivity index (χ1n) is 6.38. The van der Waals surface area contributed by atoms with Gasteiger partial charge in [-0.1, -0.05) is 18.0 Å². The van der Waals surface area contributed by atoms with E-state index in [-0.39, 0.29) is 0 Å². The van der Waals surface area contributed by atoms with Crippen molar-refractivity contribution in [2.75, 3.05) is 13.2 Å². The van der Waals surface area contributed by atoms with E-state index in [2.05, 4.69) is 5.32 Å². The van der Waals surface area contributed by atoms with Crippen LogP contribution in [-0.4, -0.2) is 19.2 Å². The highest BCUT2D eigenvalue weighted by atomic mass is 35.5. The molecule has 0 bridgehead atoms. The summed E-state index contributed by atoms with van der Waals surface area (Å²) in [6, 6.07) is 6.40. The molecule has 1 heterocycles. The van der Waals surface area contributed by atoms with Gasteiger partial charge in [-0.05, 0) is 56.5 Å². The third kappa shape index (κ3) is 3.90. The summed E-state index contributed by atoms with van der Waals surface area (Å²) in [5.41, 5.74) is 1.11. The molecule has 17 heavy (non-hydrogen) atoms. The number of ether oxygens (including phenoxy) is 1. The largest absolute Gasteiger partial charge is 0.493 e. The van der Waals surface area contributed by atoms with Gasteiger partial charge in [-0.2, -0.15) is 0 Å². The van der Waals surface area contributed by atoms with Crippen LogP contribution in [0, 0.1) is 6.92 Å². The van der Waals surface area contributed by atoms with Crippen LogP contribution < -0.4 is 10.1 Å². The van der Waals surface area contributed by atoms with E-state index in [1.807, 2.05) is 25.1 Å². The fourth-order valence-electron chi connectivity index (χ4n) is 2.26. The van der Waals surface area contributed by atoms with Crippen LogP contribution in [-0.2, 0) is 0 Å². The molecule has 1 saturated heterocycles. The van der Waals surface area contributed by atoms with Crippen LogP contribution >= 0.6 is 11.6 Å². The average molecular weight is 254 g/mol. The van der Waals surface area contributed by atoms with Crippen molar-refractivity contribution >= 4 is 11.6 Å². The van der Waals surface area contributed by atoms with Crippen molar-refractivity contribution < 1.29 is 4.74 Å². The third-order valence-corrected chi connectivity index (χ3v) is 3.51. The van der Waals surface area contributed by atoms with Gasteiger partial charge in [0.1, 0.15) is 5.75 Å². The molecule has 0 spiro atoms. The number of hydrogen-bond acceptors (Lipinski definition) is 2. The second kappa shape index (κ2) is 6.27. The minimum Gasteiger partial charge on any atom is -0.493 e. The lowest BCUT2D eigenvalue weighted by Gasteiger charge is -2.23. The van der Waals surface area contributed by atoms with Gasteiger partial charge >= 0.3 is 0 Å². The van der Waals surface area contributed by atoms with Gasteiger partial charge in [-0.3, -0.25) is 0 Å². The Morgan fingerprint density at radius 1 is 1.41 bits per heavy atom. The van der Waals surface area contributed by atoms with Gasteiger partial charge in [0, 0.05) is 11.1 Å². The summed E-state index contributed by atoms with van der Waals surface area (Å²) in [5, 5.41) is 4.30. The average Bonchev–Trinajstić information content (AvgIpc) is 2.33. The highest BCUT2D eigenvalue weighted by Crippen LogP contribution is 2.22.